The van der Waals surface area contributed by atoms with Crippen LogP contribution >= 0.6 is 23.5 Å². The third kappa shape index (κ3) is 5.38. The van der Waals surface area contributed by atoms with Crippen LogP contribution in [0.2, 0.25) is 5.02 Å². The van der Waals surface area contributed by atoms with Crippen LogP contribution < -0.4 is 9.46 Å². The molecule has 0 bridgehead atoms. The van der Waals surface area contributed by atoms with E-state index in [0.29, 0.717) is 30.3 Å². The van der Waals surface area contributed by atoms with Gasteiger partial charge in [0.05, 0.1) is 28.2 Å². The number of nitrogens with zero attached hydrogens (tertiary/aromatic N) is 2. The van der Waals surface area contributed by atoms with Gasteiger partial charge in [-0.2, -0.15) is 0 Å². The van der Waals surface area contributed by atoms with Crippen LogP contribution in [0.3, 0.4) is 0 Å². The molecule has 0 fully saturated rings. The van der Waals surface area contributed by atoms with Gasteiger partial charge in [0.15, 0.2) is 0 Å². The summed E-state index contributed by atoms with van der Waals surface area (Å²) in [4.78, 5) is 24.0. The van der Waals surface area contributed by atoms with Crippen LogP contribution in [0.4, 0.5) is 0 Å². The number of H-pyrrole nitrogens is 1. The van der Waals surface area contributed by atoms with E-state index in [1.807, 2.05) is 37.3 Å². The molecule has 4 aromatic rings. The number of aryl methyl sites for hydroxylation is 1. The van der Waals surface area contributed by atoms with Crippen LogP contribution in [0.5, 0.6) is 5.75 Å². The molecule has 3 aromatic carbocycles. The number of carbonyl (C=O) groups is 1. The Kier molecular flexibility index (Phi) is 6.72. The number of ether oxygens (including phenoxy) is 1. The summed E-state index contributed by atoms with van der Waals surface area (Å²) in [5.74, 6) is 1.59. The van der Waals surface area contributed by atoms with E-state index in [1.165, 1.54) is 11.9 Å². The molecule has 0 spiro atoms. The minimum absolute atomic E-state index is 0.0348. The molecule has 0 saturated heterocycles. The number of amides is 1. The fraction of sp³-hybridized carbons (Fsp3) is 0.286. The van der Waals surface area contributed by atoms with Gasteiger partial charge in [-0.15, -0.1) is 0 Å². The monoisotopic (exact) mass is 520 g/mol. The van der Waals surface area contributed by atoms with E-state index in [4.69, 9.17) is 16.3 Å². The molecule has 2 N–H and O–H groups in total. The predicted molar refractivity (Wildman–Crippen MR) is 147 cm³/mol. The number of aromatic amines is 1. The molecule has 0 saturated carbocycles. The van der Waals surface area contributed by atoms with Crippen molar-refractivity contribution in [2.75, 3.05) is 13.2 Å². The first kappa shape index (κ1) is 24.7. The molecule has 0 radical (unpaired) electrons. The Bertz CT molecular complexity index is 1440. The lowest BCUT2D eigenvalue weighted by molar-refractivity contribution is 0.0733. The lowest BCUT2D eigenvalue weighted by Crippen LogP contribution is -2.32. The molecular weight excluding hydrogens is 492 g/mol. The number of hydrogen-bond donors (Lipinski definition) is 2. The molecule has 5 rings (SSSR count). The summed E-state index contributed by atoms with van der Waals surface area (Å²) < 4.78 is 9.35. The van der Waals surface area contributed by atoms with Gasteiger partial charge in [0.25, 0.3) is 5.91 Å². The van der Waals surface area contributed by atoms with Gasteiger partial charge in [-0.3, -0.25) is 9.52 Å². The van der Waals surface area contributed by atoms with Gasteiger partial charge in [-0.25, -0.2) is 4.98 Å². The van der Waals surface area contributed by atoms with Crippen molar-refractivity contribution in [2.45, 2.75) is 44.7 Å². The summed E-state index contributed by atoms with van der Waals surface area (Å²) >= 11 is 8.07. The summed E-state index contributed by atoms with van der Waals surface area (Å²) in [6.45, 7) is 9.61. The van der Waals surface area contributed by atoms with Crippen molar-refractivity contribution in [1.29, 1.82) is 0 Å². The molecule has 8 heteroatoms. The van der Waals surface area contributed by atoms with Crippen molar-refractivity contribution in [3.63, 3.8) is 0 Å². The van der Waals surface area contributed by atoms with Crippen molar-refractivity contribution in [1.82, 2.24) is 19.6 Å². The summed E-state index contributed by atoms with van der Waals surface area (Å²) in [7, 11) is 0. The lowest BCUT2D eigenvalue weighted by Gasteiger charge is -2.22. The number of aromatic nitrogens is 2. The zero-order valence-corrected chi connectivity index (χ0v) is 22.4. The molecule has 1 aliphatic heterocycles. The van der Waals surface area contributed by atoms with Gasteiger partial charge in [0, 0.05) is 22.5 Å². The highest BCUT2D eigenvalue weighted by atomic mass is 35.5. The van der Waals surface area contributed by atoms with Crippen LogP contribution in [0.15, 0.2) is 59.5 Å². The molecule has 0 unspecified atom stereocenters. The Morgan fingerprint density at radius 3 is 2.67 bits per heavy atom. The number of benzene rings is 3. The molecule has 2 heterocycles. The van der Waals surface area contributed by atoms with Gasteiger partial charge < -0.3 is 14.6 Å². The Hall–Kier alpha value is -3.00. The van der Waals surface area contributed by atoms with Crippen LogP contribution in [-0.4, -0.2) is 39.5 Å². The van der Waals surface area contributed by atoms with Gasteiger partial charge in [-0.05, 0) is 93.2 Å². The van der Waals surface area contributed by atoms with Crippen molar-refractivity contribution in [3.05, 3.63) is 76.6 Å². The summed E-state index contributed by atoms with van der Waals surface area (Å²) in [5.41, 5.74) is 5.52. The molecule has 186 valence electrons. The van der Waals surface area contributed by atoms with Crippen molar-refractivity contribution in [2.24, 2.45) is 0 Å². The molecule has 1 aliphatic rings. The van der Waals surface area contributed by atoms with E-state index in [9.17, 15) is 4.79 Å². The van der Waals surface area contributed by atoms with E-state index in [2.05, 4.69) is 59.7 Å². The number of imidazole rings is 1. The molecule has 6 nitrogen and oxygen atoms in total. The standard InChI is InChI=1S/C28H29ClN4O2S/c1-17-30-24-9-5-19(14-25(24)31-17)18-6-10-26-20(13-18)16-33(11-12-35-26)27(34)22-8-7-21(15-23(22)29)36-32-28(2,3)4/h5-10,13-15,32H,11-12,16H2,1-4H3,(H,30,31). The Labute approximate surface area is 220 Å². The second kappa shape index (κ2) is 9.81. The molecule has 1 aromatic heterocycles. The highest BCUT2D eigenvalue weighted by molar-refractivity contribution is 7.97. The topological polar surface area (TPSA) is 70.2 Å². The molecular formula is C28H29ClN4O2S. The predicted octanol–water partition coefficient (Wildman–Crippen LogP) is 6.62. The molecule has 0 atom stereocenters. The van der Waals surface area contributed by atoms with Crippen LogP contribution in [0, 0.1) is 6.92 Å². The number of rotatable bonds is 4. The van der Waals surface area contributed by atoms with Crippen molar-refractivity contribution in [3.8, 4) is 16.9 Å². The van der Waals surface area contributed by atoms with E-state index >= 15 is 0 Å². The zero-order chi connectivity index (χ0) is 25.4. The number of hydrogen-bond acceptors (Lipinski definition) is 5. The van der Waals surface area contributed by atoms with Gasteiger partial charge in [-0.1, -0.05) is 23.7 Å². The van der Waals surface area contributed by atoms with Crippen LogP contribution in [-0.2, 0) is 6.54 Å². The van der Waals surface area contributed by atoms with E-state index in [-0.39, 0.29) is 11.4 Å². The zero-order valence-electron chi connectivity index (χ0n) is 20.8. The number of carbonyl (C=O) groups excluding carboxylic acids is 1. The second-order valence-corrected chi connectivity index (χ2v) is 11.3. The van der Waals surface area contributed by atoms with Crippen LogP contribution in [0.1, 0.15) is 42.5 Å². The first-order valence-electron chi connectivity index (χ1n) is 11.9. The summed E-state index contributed by atoms with van der Waals surface area (Å²) in [6.07, 6.45) is 0. The normalized spacial score (nSPS) is 13.9. The molecule has 0 aliphatic carbocycles. The number of halogens is 1. The second-order valence-electron chi connectivity index (χ2n) is 10.0. The third-order valence-corrected chi connectivity index (χ3v) is 7.42. The number of fused-ring (bicyclic) bond motifs is 2. The van der Waals surface area contributed by atoms with Gasteiger partial charge in [0.1, 0.15) is 18.2 Å². The first-order chi connectivity index (χ1) is 17.2. The maximum Gasteiger partial charge on any atom is 0.255 e. The fourth-order valence-corrected chi connectivity index (χ4v) is 5.24. The first-order valence-corrected chi connectivity index (χ1v) is 13.1. The maximum atomic E-state index is 13.5. The van der Waals surface area contributed by atoms with Gasteiger partial charge >= 0.3 is 0 Å². The quantitative estimate of drug-likeness (QED) is 0.296. The largest absolute Gasteiger partial charge is 0.491 e. The van der Waals surface area contributed by atoms with E-state index in [1.54, 1.807) is 4.90 Å². The highest BCUT2D eigenvalue weighted by Crippen LogP contribution is 2.32. The average molecular weight is 521 g/mol. The van der Waals surface area contributed by atoms with Crippen LogP contribution in [0.25, 0.3) is 22.2 Å². The van der Waals surface area contributed by atoms with Crippen molar-refractivity contribution < 1.29 is 9.53 Å². The Balaban J connectivity index is 1.38. The minimum atomic E-state index is -0.100. The highest BCUT2D eigenvalue weighted by Gasteiger charge is 2.23. The number of nitrogens with one attached hydrogen (secondary N) is 2. The van der Waals surface area contributed by atoms with Crippen molar-refractivity contribution >= 4 is 40.5 Å². The smallest absolute Gasteiger partial charge is 0.255 e. The summed E-state index contributed by atoms with van der Waals surface area (Å²) in [6, 6.07) is 17.9. The SMILES string of the molecule is Cc1nc2ccc(-c3ccc4c(c3)CN(C(=O)c3ccc(SNC(C)(C)C)cc3Cl)CCO4)cc2[nH]1. The maximum absolute atomic E-state index is 13.5. The Morgan fingerprint density at radius 1 is 1.11 bits per heavy atom. The Morgan fingerprint density at radius 2 is 1.89 bits per heavy atom. The molecule has 36 heavy (non-hydrogen) atoms. The van der Waals surface area contributed by atoms with Gasteiger partial charge in [0.2, 0.25) is 0 Å². The fourth-order valence-electron chi connectivity index (χ4n) is 4.18. The lowest BCUT2D eigenvalue weighted by atomic mass is 10.0. The van der Waals surface area contributed by atoms with E-state index < -0.39 is 0 Å². The van der Waals surface area contributed by atoms with E-state index in [0.717, 1.165) is 44.2 Å². The minimum Gasteiger partial charge on any atom is -0.491 e. The summed E-state index contributed by atoms with van der Waals surface area (Å²) in [5, 5.41) is 0.447. The third-order valence-electron chi connectivity index (χ3n) is 5.91. The average Bonchev–Trinajstić information content (AvgIpc) is 3.07. The molecule has 1 amide bonds.